The molecule has 0 aliphatic carbocycles. The molecule has 5 rings (SSSR count). The molecule has 0 radical (unpaired) electrons. The molecule has 1 aromatic heterocycles. The summed E-state index contributed by atoms with van der Waals surface area (Å²) in [6.07, 6.45) is -1.64. The van der Waals surface area contributed by atoms with Gasteiger partial charge in [-0.15, -0.1) is 0 Å². The number of phenolic OH excluding ortho intramolecular Hbond substituents is 2. The van der Waals surface area contributed by atoms with Gasteiger partial charge >= 0.3 is 0 Å². The Hall–Kier alpha value is -4.17. The minimum atomic E-state index is -0.856. The van der Waals surface area contributed by atoms with Crippen molar-refractivity contribution in [2.75, 3.05) is 13.7 Å². The van der Waals surface area contributed by atoms with Crippen molar-refractivity contribution < 1.29 is 33.9 Å². The summed E-state index contributed by atoms with van der Waals surface area (Å²) in [4.78, 5) is 12.8. The minimum Gasteiger partial charge on any atom is -0.507 e. The molecule has 168 valence electrons. The number of methoxy groups -OCH3 is 1. The normalized spacial score (nSPS) is 17.2. The third kappa shape index (κ3) is 3.50. The number of ether oxygens (including phenoxy) is 3. The Morgan fingerprint density at radius 3 is 2.48 bits per heavy atom. The van der Waals surface area contributed by atoms with E-state index in [1.54, 1.807) is 24.3 Å². The maximum Gasteiger partial charge on any atom is 0.205 e. The topological polar surface area (TPSA) is 119 Å². The maximum atomic E-state index is 12.8. The first kappa shape index (κ1) is 20.7. The van der Waals surface area contributed by atoms with Crippen molar-refractivity contribution in [3.05, 3.63) is 76.5 Å². The van der Waals surface area contributed by atoms with Crippen LogP contribution in [0.15, 0.2) is 69.9 Å². The molecular weight excluding hydrogens is 428 g/mol. The zero-order chi connectivity index (χ0) is 23.1. The fourth-order valence-electron chi connectivity index (χ4n) is 3.93. The van der Waals surface area contributed by atoms with Crippen LogP contribution in [0.2, 0.25) is 0 Å². The van der Waals surface area contributed by atoms with Crippen molar-refractivity contribution in [1.82, 2.24) is 0 Å². The number of aliphatic hydroxyl groups is 1. The molecule has 0 amide bonds. The first-order chi connectivity index (χ1) is 16.0. The summed E-state index contributed by atoms with van der Waals surface area (Å²) in [5.74, 6) is 0.436. The zero-order valence-electron chi connectivity index (χ0n) is 17.5. The Morgan fingerprint density at radius 1 is 0.970 bits per heavy atom. The lowest BCUT2D eigenvalue weighted by Gasteiger charge is -2.33. The number of aromatic hydroxyl groups is 2. The summed E-state index contributed by atoms with van der Waals surface area (Å²) in [5.41, 5.74) is 0.841. The lowest BCUT2D eigenvalue weighted by atomic mass is 10.0. The summed E-state index contributed by atoms with van der Waals surface area (Å²) < 4.78 is 23.3. The highest BCUT2D eigenvalue weighted by Gasteiger charge is 2.36. The van der Waals surface area contributed by atoms with Gasteiger partial charge < -0.3 is 33.9 Å². The number of fused-ring (bicyclic) bond motifs is 3. The van der Waals surface area contributed by atoms with Gasteiger partial charge in [0.05, 0.1) is 13.7 Å². The SMILES string of the molecule is COc1cc([C@@H]2Oc3cc(O)c4c(=O)cc(-c5ccccc5)oc4c3O[C@H]2CO)ccc1O. The molecule has 0 unspecified atom stereocenters. The average molecular weight is 448 g/mol. The van der Waals surface area contributed by atoms with Crippen LogP contribution in [-0.2, 0) is 0 Å². The monoisotopic (exact) mass is 448 g/mol. The second-order valence-electron chi connectivity index (χ2n) is 7.58. The summed E-state index contributed by atoms with van der Waals surface area (Å²) in [5, 5.41) is 30.4. The van der Waals surface area contributed by atoms with E-state index in [1.165, 1.54) is 25.3 Å². The quantitative estimate of drug-likeness (QED) is 0.432. The van der Waals surface area contributed by atoms with Crippen molar-refractivity contribution in [1.29, 1.82) is 0 Å². The highest BCUT2D eigenvalue weighted by atomic mass is 16.6. The van der Waals surface area contributed by atoms with Crippen LogP contribution in [-0.4, -0.2) is 35.1 Å². The molecule has 4 aromatic rings. The lowest BCUT2D eigenvalue weighted by molar-refractivity contribution is -0.0119. The molecule has 1 aliphatic rings. The van der Waals surface area contributed by atoms with E-state index in [2.05, 4.69) is 0 Å². The van der Waals surface area contributed by atoms with Gasteiger partial charge in [-0.3, -0.25) is 4.79 Å². The molecule has 0 saturated carbocycles. The third-order valence-electron chi connectivity index (χ3n) is 5.53. The van der Waals surface area contributed by atoms with Crippen molar-refractivity contribution in [3.63, 3.8) is 0 Å². The van der Waals surface area contributed by atoms with Gasteiger partial charge in [0.1, 0.15) is 16.9 Å². The first-order valence-corrected chi connectivity index (χ1v) is 10.2. The molecule has 3 N–H and O–H groups in total. The molecule has 2 heterocycles. The van der Waals surface area contributed by atoms with Gasteiger partial charge in [0.25, 0.3) is 0 Å². The number of hydrogen-bond donors (Lipinski definition) is 3. The van der Waals surface area contributed by atoms with Crippen LogP contribution in [0, 0.1) is 0 Å². The van der Waals surface area contributed by atoms with E-state index < -0.39 is 24.2 Å². The van der Waals surface area contributed by atoms with Crippen LogP contribution in [0.4, 0.5) is 0 Å². The molecule has 0 bridgehead atoms. The van der Waals surface area contributed by atoms with Crippen LogP contribution in [0.5, 0.6) is 28.7 Å². The van der Waals surface area contributed by atoms with Crippen molar-refractivity contribution >= 4 is 11.0 Å². The number of hydrogen-bond acceptors (Lipinski definition) is 8. The van der Waals surface area contributed by atoms with E-state index in [9.17, 15) is 20.1 Å². The predicted octanol–water partition coefficient (Wildman–Crippen LogP) is 3.75. The summed E-state index contributed by atoms with van der Waals surface area (Å²) in [6.45, 7) is -0.404. The van der Waals surface area contributed by atoms with Gasteiger partial charge in [0.15, 0.2) is 40.5 Å². The summed E-state index contributed by atoms with van der Waals surface area (Å²) in [6, 6.07) is 16.3. The van der Waals surface area contributed by atoms with E-state index >= 15 is 0 Å². The van der Waals surface area contributed by atoms with Crippen LogP contribution < -0.4 is 19.6 Å². The maximum absolute atomic E-state index is 12.8. The lowest BCUT2D eigenvalue weighted by Crippen LogP contribution is -2.36. The summed E-state index contributed by atoms with van der Waals surface area (Å²) in [7, 11) is 1.42. The van der Waals surface area contributed by atoms with Gasteiger partial charge in [0, 0.05) is 23.3 Å². The predicted molar refractivity (Wildman–Crippen MR) is 119 cm³/mol. The number of benzene rings is 3. The fraction of sp³-hybridized carbons (Fsp3) is 0.160. The Balaban J connectivity index is 1.66. The standard InChI is InChI=1S/C25H20O8/c1-30-19-9-14(7-8-15(19)27)23-21(12-26)33-24-20(32-23)11-17(29)22-16(28)10-18(31-25(22)24)13-5-3-2-4-6-13/h2-11,21,23,26-27,29H,12H2,1H3/t21-,23-/m0/s1. The van der Waals surface area contributed by atoms with Crippen molar-refractivity contribution in [2.45, 2.75) is 12.2 Å². The van der Waals surface area contributed by atoms with Crippen LogP contribution in [0.1, 0.15) is 11.7 Å². The number of aliphatic hydroxyl groups excluding tert-OH is 1. The molecular formula is C25H20O8. The van der Waals surface area contributed by atoms with E-state index in [-0.39, 0.29) is 39.7 Å². The largest absolute Gasteiger partial charge is 0.507 e. The smallest absolute Gasteiger partial charge is 0.205 e. The molecule has 8 nitrogen and oxygen atoms in total. The van der Waals surface area contributed by atoms with Gasteiger partial charge in [-0.1, -0.05) is 36.4 Å². The molecule has 0 spiro atoms. The van der Waals surface area contributed by atoms with Crippen molar-refractivity contribution in [2.24, 2.45) is 0 Å². The molecule has 1 aliphatic heterocycles. The molecule has 8 heteroatoms. The van der Waals surface area contributed by atoms with Crippen LogP contribution >= 0.6 is 0 Å². The minimum absolute atomic E-state index is 0.0246. The van der Waals surface area contributed by atoms with E-state index in [4.69, 9.17) is 18.6 Å². The van der Waals surface area contributed by atoms with Gasteiger partial charge in [-0.05, 0) is 12.1 Å². The van der Waals surface area contributed by atoms with E-state index in [0.29, 0.717) is 16.9 Å². The highest BCUT2D eigenvalue weighted by Crippen LogP contribution is 2.47. The van der Waals surface area contributed by atoms with E-state index in [0.717, 1.165) is 0 Å². The molecule has 0 fully saturated rings. The molecule has 2 atom stereocenters. The number of rotatable bonds is 4. The summed E-state index contributed by atoms with van der Waals surface area (Å²) >= 11 is 0. The second kappa shape index (κ2) is 8.07. The molecule has 33 heavy (non-hydrogen) atoms. The van der Waals surface area contributed by atoms with Crippen molar-refractivity contribution in [3.8, 4) is 40.1 Å². The zero-order valence-corrected chi connectivity index (χ0v) is 17.5. The highest BCUT2D eigenvalue weighted by molar-refractivity contribution is 5.92. The van der Waals surface area contributed by atoms with Crippen LogP contribution in [0.25, 0.3) is 22.3 Å². The number of phenols is 2. The van der Waals surface area contributed by atoms with Gasteiger partial charge in [-0.25, -0.2) is 0 Å². The van der Waals surface area contributed by atoms with Gasteiger partial charge in [0.2, 0.25) is 5.75 Å². The second-order valence-corrected chi connectivity index (χ2v) is 7.58. The van der Waals surface area contributed by atoms with Crippen LogP contribution in [0.3, 0.4) is 0 Å². The first-order valence-electron chi connectivity index (χ1n) is 10.2. The molecule has 3 aromatic carbocycles. The van der Waals surface area contributed by atoms with E-state index in [1.807, 2.05) is 18.2 Å². The average Bonchev–Trinajstić information content (AvgIpc) is 2.84. The Bertz CT molecular complexity index is 1390. The Kier molecular flexibility index (Phi) is 5.07. The Labute approximate surface area is 187 Å². The fourth-order valence-corrected chi connectivity index (χ4v) is 3.93. The Morgan fingerprint density at radius 2 is 1.76 bits per heavy atom. The molecule has 0 saturated heterocycles. The third-order valence-corrected chi connectivity index (χ3v) is 5.53. The van der Waals surface area contributed by atoms with Gasteiger partial charge in [-0.2, -0.15) is 0 Å².